The molecule has 0 radical (unpaired) electrons. The molecule has 0 aliphatic carbocycles. The normalized spacial score (nSPS) is 20.5. The molecule has 0 unspecified atom stereocenters. The molecule has 1 aromatic rings. The Labute approximate surface area is 158 Å². The molecule has 2 rings (SSSR count). The number of likely N-dealkylation sites (tertiary alicyclic amines) is 1. The van der Waals surface area contributed by atoms with Crippen LogP contribution in [-0.2, 0) is 15.7 Å². The first-order valence-corrected chi connectivity index (χ1v) is 8.42. The van der Waals surface area contributed by atoms with Gasteiger partial charge < -0.3 is 14.6 Å². The molecule has 0 bridgehead atoms. The van der Waals surface area contributed by atoms with Gasteiger partial charge >= 0.3 is 18.2 Å². The average Bonchev–Trinajstić information content (AvgIpc) is 2.91. The Kier molecular flexibility index (Phi) is 5.84. The van der Waals surface area contributed by atoms with Crippen LogP contribution in [0, 0.1) is 0 Å². The Morgan fingerprint density at radius 2 is 1.89 bits per heavy atom. The number of carboxylic acid groups (broad SMARTS) is 1. The largest absolute Gasteiger partial charge is 0.487 e. The average molecular weight is 410 g/mol. The summed E-state index contributed by atoms with van der Waals surface area (Å²) in [5.41, 5.74) is -1.89. The van der Waals surface area contributed by atoms with E-state index in [1.54, 1.807) is 20.8 Å². The van der Waals surface area contributed by atoms with Crippen LogP contribution in [0.1, 0.15) is 32.8 Å². The van der Waals surface area contributed by atoms with Crippen LogP contribution in [0.2, 0.25) is 5.02 Å². The Morgan fingerprint density at radius 1 is 1.26 bits per heavy atom. The monoisotopic (exact) mass is 409 g/mol. The van der Waals surface area contributed by atoms with Crippen molar-refractivity contribution in [2.24, 2.45) is 0 Å². The maximum Gasteiger partial charge on any atom is 0.417 e. The predicted molar refractivity (Wildman–Crippen MR) is 89.9 cm³/mol. The van der Waals surface area contributed by atoms with Crippen LogP contribution in [0.15, 0.2) is 18.2 Å². The molecule has 1 aromatic carbocycles. The van der Waals surface area contributed by atoms with E-state index in [0.717, 1.165) is 17.0 Å². The van der Waals surface area contributed by atoms with E-state index in [1.165, 1.54) is 6.07 Å². The second kappa shape index (κ2) is 7.46. The van der Waals surface area contributed by atoms with E-state index in [9.17, 15) is 27.9 Å². The number of benzene rings is 1. The van der Waals surface area contributed by atoms with Crippen LogP contribution >= 0.6 is 11.6 Å². The van der Waals surface area contributed by atoms with Gasteiger partial charge in [-0.25, -0.2) is 9.59 Å². The van der Waals surface area contributed by atoms with E-state index in [1.807, 2.05) is 0 Å². The summed E-state index contributed by atoms with van der Waals surface area (Å²) in [6, 6.07) is 1.99. The molecule has 0 aromatic heterocycles. The quantitative estimate of drug-likeness (QED) is 0.809. The summed E-state index contributed by atoms with van der Waals surface area (Å²) in [5.74, 6) is -1.49. The number of ether oxygens (including phenoxy) is 2. The number of alkyl halides is 3. The number of carbonyl (C=O) groups excluding carboxylic acids is 1. The number of amides is 1. The highest BCUT2D eigenvalue weighted by molar-refractivity contribution is 6.32. The summed E-state index contributed by atoms with van der Waals surface area (Å²) in [4.78, 5) is 24.7. The van der Waals surface area contributed by atoms with Crippen molar-refractivity contribution in [3.05, 3.63) is 28.8 Å². The molecule has 1 N–H and O–H groups in total. The molecule has 2 atom stereocenters. The zero-order valence-corrected chi connectivity index (χ0v) is 15.6. The number of aliphatic carboxylic acids is 1. The number of hydrogen-bond donors (Lipinski definition) is 1. The fraction of sp³-hybridized carbons (Fsp3) is 0.529. The van der Waals surface area contributed by atoms with Crippen LogP contribution < -0.4 is 4.74 Å². The maximum atomic E-state index is 12.9. The molecule has 1 aliphatic heterocycles. The lowest BCUT2D eigenvalue weighted by Crippen LogP contribution is -2.43. The minimum Gasteiger partial charge on any atom is -0.487 e. The lowest BCUT2D eigenvalue weighted by molar-refractivity contribution is -0.142. The Hall–Kier alpha value is -2.16. The van der Waals surface area contributed by atoms with Gasteiger partial charge in [-0.05, 0) is 32.9 Å². The van der Waals surface area contributed by atoms with Gasteiger partial charge in [0.15, 0.2) is 0 Å². The number of carboxylic acids is 1. The lowest BCUT2D eigenvalue weighted by Gasteiger charge is -2.26. The van der Waals surface area contributed by atoms with Gasteiger partial charge in [0.05, 0.1) is 17.1 Å². The number of hydrogen-bond acceptors (Lipinski definition) is 4. The van der Waals surface area contributed by atoms with E-state index < -0.39 is 46.6 Å². The van der Waals surface area contributed by atoms with Crippen molar-refractivity contribution >= 4 is 23.7 Å². The Balaban J connectivity index is 2.20. The van der Waals surface area contributed by atoms with Crippen molar-refractivity contribution in [3.8, 4) is 5.75 Å². The molecule has 150 valence electrons. The zero-order chi connectivity index (χ0) is 20.6. The molecule has 1 heterocycles. The molecule has 0 spiro atoms. The number of rotatable bonds is 3. The summed E-state index contributed by atoms with van der Waals surface area (Å²) in [5, 5.41) is 8.72. The second-order valence-corrected chi connectivity index (χ2v) is 7.46. The van der Waals surface area contributed by atoms with Gasteiger partial charge in [-0.1, -0.05) is 17.7 Å². The van der Waals surface area contributed by atoms with Crippen molar-refractivity contribution in [2.75, 3.05) is 6.54 Å². The molecule has 1 fully saturated rings. The van der Waals surface area contributed by atoms with Crippen LogP contribution in [-0.4, -0.2) is 46.4 Å². The Bertz CT molecular complexity index is 732. The molecule has 1 amide bonds. The fourth-order valence-electron chi connectivity index (χ4n) is 2.64. The van der Waals surface area contributed by atoms with Gasteiger partial charge in [0.2, 0.25) is 0 Å². The maximum absolute atomic E-state index is 12.9. The fourth-order valence-corrected chi connectivity index (χ4v) is 2.92. The molecule has 27 heavy (non-hydrogen) atoms. The third-order valence-corrected chi connectivity index (χ3v) is 4.13. The molecule has 1 saturated heterocycles. The highest BCUT2D eigenvalue weighted by Crippen LogP contribution is 2.40. The van der Waals surface area contributed by atoms with E-state index >= 15 is 0 Å². The molecular weight excluding hydrogens is 391 g/mol. The van der Waals surface area contributed by atoms with Crippen molar-refractivity contribution in [2.45, 2.75) is 51.1 Å². The predicted octanol–water partition coefficient (Wildman–Crippen LogP) is 4.20. The van der Waals surface area contributed by atoms with Gasteiger partial charge in [0.25, 0.3) is 0 Å². The van der Waals surface area contributed by atoms with Crippen LogP contribution in [0.5, 0.6) is 5.75 Å². The SMILES string of the molecule is CC(C)(C)OC(=O)N1C[C@@H](Oc2cccc(C(F)(F)F)c2Cl)C[C@H]1C(=O)O. The molecule has 0 saturated carbocycles. The van der Waals surface area contributed by atoms with Gasteiger partial charge in [0, 0.05) is 6.42 Å². The van der Waals surface area contributed by atoms with Gasteiger partial charge in [-0.3, -0.25) is 4.90 Å². The number of carbonyl (C=O) groups is 2. The Morgan fingerprint density at radius 3 is 2.41 bits per heavy atom. The van der Waals surface area contributed by atoms with E-state index in [4.69, 9.17) is 21.1 Å². The third-order valence-electron chi connectivity index (χ3n) is 3.74. The van der Waals surface area contributed by atoms with Crippen LogP contribution in [0.25, 0.3) is 0 Å². The van der Waals surface area contributed by atoms with Crippen molar-refractivity contribution < 1.29 is 37.3 Å². The minimum absolute atomic E-state index is 0.110. The van der Waals surface area contributed by atoms with Crippen LogP contribution in [0.3, 0.4) is 0 Å². The van der Waals surface area contributed by atoms with Gasteiger partial charge in [0.1, 0.15) is 23.5 Å². The topological polar surface area (TPSA) is 76.1 Å². The molecule has 6 nitrogen and oxygen atoms in total. The smallest absolute Gasteiger partial charge is 0.417 e. The van der Waals surface area contributed by atoms with Crippen LogP contribution in [0.4, 0.5) is 18.0 Å². The first kappa shape index (κ1) is 21.1. The summed E-state index contributed by atoms with van der Waals surface area (Å²) in [7, 11) is 0. The zero-order valence-electron chi connectivity index (χ0n) is 14.8. The molecule has 1 aliphatic rings. The highest BCUT2D eigenvalue weighted by atomic mass is 35.5. The standard InChI is InChI=1S/C17H19ClF3NO5/c1-16(2,3)27-15(25)22-8-9(7-11(22)14(23)24)26-12-6-4-5-10(13(12)18)17(19,20)21/h4-6,9,11H,7-8H2,1-3H3,(H,23,24)/t9-,11-/m0/s1. The number of halogens is 4. The molecule has 10 heteroatoms. The first-order valence-electron chi connectivity index (χ1n) is 8.04. The van der Waals surface area contributed by atoms with Gasteiger partial charge in [-0.2, -0.15) is 13.2 Å². The van der Waals surface area contributed by atoms with Gasteiger partial charge in [-0.15, -0.1) is 0 Å². The molecular formula is C17H19ClF3NO5. The van der Waals surface area contributed by atoms with E-state index in [-0.39, 0.29) is 18.7 Å². The number of nitrogens with zero attached hydrogens (tertiary/aromatic N) is 1. The van der Waals surface area contributed by atoms with E-state index in [2.05, 4.69) is 0 Å². The lowest BCUT2D eigenvalue weighted by atomic mass is 10.2. The minimum atomic E-state index is -4.65. The van der Waals surface area contributed by atoms with Crippen molar-refractivity contribution in [1.82, 2.24) is 4.90 Å². The summed E-state index contributed by atoms with van der Waals surface area (Å²) in [6.45, 7) is 4.74. The van der Waals surface area contributed by atoms with Crippen molar-refractivity contribution in [3.63, 3.8) is 0 Å². The van der Waals surface area contributed by atoms with E-state index in [0.29, 0.717) is 0 Å². The first-order chi connectivity index (χ1) is 12.3. The summed E-state index contributed by atoms with van der Waals surface area (Å²) < 4.78 is 49.5. The highest BCUT2D eigenvalue weighted by Gasteiger charge is 2.43. The summed E-state index contributed by atoms with van der Waals surface area (Å²) >= 11 is 5.79. The van der Waals surface area contributed by atoms with Crippen molar-refractivity contribution in [1.29, 1.82) is 0 Å². The second-order valence-electron chi connectivity index (χ2n) is 7.08. The summed E-state index contributed by atoms with van der Waals surface area (Å²) in [6.07, 6.45) is -6.45. The third kappa shape index (κ3) is 5.18.